The van der Waals surface area contributed by atoms with E-state index in [-0.39, 0.29) is 24.7 Å². The van der Waals surface area contributed by atoms with Gasteiger partial charge in [-0.25, -0.2) is 4.39 Å². The summed E-state index contributed by atoms with van der Waals surface area (Å²) in [5.41, 5.74) is 1.69. The highest BCUT2D eigenvalue weighted by Gasteiger charge is 2.12. The number of benzene rings is 2. The fraction of sp³-hybridized carbons (Fsp3) is 0.211. The Bertz CT molecular complexity index is 1010. The molecule has 0 N–H and O–H groups in total. The first-order valence-electron chi connectivity index (χ1n) is 8.04. The zero-order chi connectivity index (χ0) is 18.5. The van der Waals surface area contributed by atoms with Gasteiger partial charge < -0.3 is 9.30 Å². The third-order valence-electron chi connectivity index (χ3n) is 3.85. The molecule has 7 heteroatoms. The Morgan fingerprint density at radius 2 is 1.96 bits per heavy atom. The average molecular weight is 372 g/mol. The lowest BCUT2D eigenvalue weighted by Gasteiger charge is -2.03. The molecule has 2 aromatic carbocycles. The van der Waals surface area contributed by atoms with Crippen molar-refractivity contribution in [3.8, 4) is 0 Å². The molecule has 0 fully saturated rings. The first-order valence-corrected chi connectivity index (χ1v) is 8.85. The van der Waals surface area contributed by atoms with Gasteiger partial charge in [0.05, 0.1) is 17.3 Å². The number of fused-ring (bicyclic) bond motifs is 1. The van der Waals surface area contributed by atoms with E-state index in [1.54, 1.807) is 10.6 Å². The van der Waals surface area contributed by atoms with E-state index in [2.05, 4.69) is 4.99 Å². The van der Waals surface area contributed by atoms with Crippen molar-refractivity contribution in [3.63, 3.8) is 0 Å². The number of esters is 1. The quantitative estimate of drug-likeness (QED) is 0.647. The van der Waals surface area contributed by atoms with E-state index in [0.717, 1.165) is 5.56 Å². The summed E-state index contributed by atoms with van der Waals surface area (Å²) < 4.78 is 20.4. The minimum absolute atomic E-state index is 0.0903. The van der Waals surface area contributed by atoms with Crippen LogP contribution >= 0.6 is 11.3 Å². The van der Waals surface area contributed by atoms with Gasteiger partial charge in [-0.15, -0.1) is 0 Å². The van der Waals surface area contributed by atoms with Crippen LogP contribution in [0, 0.1) is 5.82 Å². The van der Waals surface area contributed by atoms with Crippen molar-refractivity contribution in [2.24, 2.45) is 4.99 Å². The number of aryl methyl sites for hydroxylation is 1. The molecule has 0 saturated heterocycles. The number of amides is 1. The van der Waals surface area contributed by atoms with Crippen LogP contribution in [-0.4, -0.2) is 23.6 Å². The first kappa shape index (κ1) is 18.0. The van der Waals surface area contributed by atoms with Crippen LogP contribution in [0.4, 0.5) is 4.39 Å². The number of halogens is 1. The predicted molar refractivity (Wildman–Crippen MR) is 97.1 cm³/mol. The van der Waals surface area contributed by atoms with Gasteiger partial charge in [0.25, 0.3) is 0 Å². The summed E-state index contributed by atoms with van der Waals surface area (Å²) in [6.07, 6.45) is 0.838. The Labute approximate surface area is 153 Å². The molecular weight excluding hydrogens is 355 g/mol. The summed E-state index contributed by atoms with van der Waals surface area (Å²) >= 11 is 1.17. The van der Waals surface area contributed by atoms with Crippen LogP contribution in [0.1, 0.15) is 12.0 Å². The minimum Gasteiger partial charge on any atom is -0.468 e. The van der Waals surface area contributed by atoms with Crippen LogP contribution < -0.4 is 4.80 Å². The molecule has 0 aliphatic rings. The fourth-order valence-corrected chi connectivity index (χ4v) is 3.61. The molecule has 3 aromatic rings. The lowest BCUT2D eigenvalue weighted by atomic mass is 10.1. The SMILES string of the molecule is COC(=O)Cn1c(=NC(=O)CCc2ccccc2)sc2cc(F)ccc21. The molecule has 1 aromatic heterocycles. The van der Waals surface area contributed by atoms with Gasteiger partial charge in [-0.05, 0) is 30.2 Å². The molecule has 26 heavy (non-hydrogen) atoms. The Kier molecular flexibility index (Phi) is 5.58. The number of hydrogen-bond acceptors (Lipinski definition) is 4. The second-order valence-electron chi connectivity index (χ2n) is 5.65. The van der Waals surface area contributed by atoms with Crippen molar-refractivity contribution in [2.45, 2.75) is 19.4 Å². The number of thiazole rings is 1. The van der Waals surface area contributed by atoms with Gasteiger partial charge in [0.2, 0.25) is 5.91 Å². The van der Waals surface area contributed by atoms with Gasteiger partial charge in [0.15, 0.2) is 4.80 Å². The fourth-order valence-electron chi connectivity index (χ4n) is 2.54. The van der Waals surface area contributed by atoms with Crippen LogP contribution in [0.15, 0.2) is 53.5 Å². The summed E-state index contributed by atoms with van der Waals surface area (Å²) in [5, 5.41) is 0. The normalized spacial score (nSPS) is 11.7. The molecule has 0 atom stereocenters. The highest BCUT2D eigenvalue weighted by molar-refractivity contribution is 7.16. The molecule has 3 rings (SSSR count). The van der Waals surface area contributed by atoms with E-state index in [1.165, 1.54) is 30.6 Å². The molecule has 0 aliphatic carbocycles. The first-order chi connectivity index (χ1) is 12.6. The minimum atomic E-state index is -0.466. The molecule has 0 saturated carbocycles. The summed E-state index contributed by atoms with van der Waals surface area (Å²) in [4.78, 5) is 28.5. The van der Waals surface area contributed by atoms with Crippen molar-refractivity contribution < 1.29 is 18.7 Å². The molecule has 5 nitrogen and oxygen atoms in total. The number of methoxy groups -OCH3 is 1. The van der Waals surface area contributed by atoms with E-state index in [1.807, 2.05) is 30.3 Å². The van der Waals surface area contributed by atoms with E-state index in [4.69, 9.17) is 4.74 Å². The third kappa shape index (κ3) is 4.23. The van der Waals surface area contributed by atoms with E-state index in [0.29, 0.717) is 21.4 Å². The number of carbonyl (C=O) groups excluding carboxylic acids is 2. The lowest BCUT2D eigenvalue weighted by Crippen LogP contribution is -2.22. The number of ether oxygens (including phenoxy) is 1. The summed E-state index contributed by atoms with van der Waals surface area (Å²) in [7, 11) is 1.29. The standard InChI is InChI=1S/C19H17FN2O3S/c1-25-18(24)12-22-15-9-8-14(20)11-16(15)26-19(22)21-17(23)10-7-13-5-3-2-4-6-13/h2-6,8-9,11H,7,10,12H2,1H3. The second kappa shape index (κ2) is 8.05. The maximum absolute atomic E-state index is 13.5. The molecule has 134 valence electrons. The van der Waals surface area contributed by atoms with Crippen LogP contribution in [-0.2, 0) is 27.3 Å². The van der Waals surface area contributed by atoms with Gasteiger partial charge >= 0.3 is 5.97 Å². The third-order valence-corrected chi connectivity index (χ3v) is 4.89. The Balaban J connectivity index is 1.91. The topological polar surface area (TPSA) is 60.7 Å². The van der Waals surface area contributed by atoms with Crippen molar-refractivity contribution in [1.82, 2.24) is 4.57 Å². The Morgan fingerprint density at radius 1 is 1.19 bits per heavy atom. The molecule has 1 heterocycles. The van der Waals surface area contributed by atoms with Crippen molar-refractivity contribution >= 4 is 33.4 Å². The van der Waals surface area contributed by atoms with Gasteiger partial charge in [0.1, 0.15) is 12.4 Å². The van der Waals surface area contributed by atoms with Crippen molar-refractivity contribution in [2.75, 3.05) is 7.11 Å². The average Bonchev–Trinajstić information content (AvgIpc) is 2.96. The molecule has 0 aliphatic heterocycles. The summed E-state index contributed by atoms with van der Waals surface area (Å²) in [6.45, 7) is -0.0903. The Hall–Kier alpha value is -2.80. The predicted octanol–water partition coefficient (Wildman–Crippen LogP) is 3.08. The maximum Gasteiger partial charge on any atom is 0.325 e. The van der Waals surface area contributed by atoms with Gasteiger partial charge in [-0.1, -0.05) is 41.7 Å². The highest BCUT2D eigenvalue weighted by atomic mass is 32.1. The van der Waals surface area contributed by atoms with Crippen LogP contribution in [0.5, 0.6) is 0 Å². The molecule has 0 radical (unpaired) electrons. The zero-order valence-corrected chi connectivity index (χ0v) is 15.0. The summed E-state index contributed by atoms with van der Waals surface area (Å²) in [5.74, 6) is -1.14. The number of carbonyl (C=O) groups is 2. The largest absolute Gasteiger partial charge is 0.468 e. The molecule has 0 bridgehead atoms. The van der Waals surface area contributed by atoms with Crippen LogP contribution in [0.2, 0.25) is 0 Å². The van der Waals surface area contributed by atoms with Gasteiger partial charge in [-0.3, -0.25) is 9.59 Å². The number of rotatable bonds is 5. The molecular formula is C19H17FN2O3S. The molecule has 0 spiro atoms. The Morgan fingerprint density at radius 3 is 2.69 bits per heavy atom. The van der Waals surface area contributed by atoms with E-state index < -0.39 is 5.97 Å². The number of hydrogen-bond donors (Lipinski definition) is 0. The van der Waals surface area contributed by atoms with Gasteiger partial charge in [-0.2, -0.15) is 4.99 Å². The summed E-state index contributed by atoms with van der Waals surface area (Å²) in [6, 6.07) is 13.9. The second-order valence-corrected chi connectivity index (χ2v) is 6.66. The molecule has 0 unspecified atom stereocenters. The maximum atomic E-state index is 13.5. The van der Waals surface area contributed by atoms with E-state index >= 15 is 0 Å². The van der Waals surface area contributed by atoms with Crippen molar-refractivity contribution in [1.29, 1.82) is 0 Å². The highest BCUT2D eigenvalue weighted by Crippen LogP contribution is 2.19. The van der Waals surface area contributed by atoms with E-state index in [9.17, 15) is 14.0 Å². The number of aromatic nitrogens is 1. The zero-order valence-electron chi connectivity index (χ0n) is 14.1. The lowest BCUT2D eigenvalue weighted by molar-refractivity contribution is -0.141. The number of nitrogens with zero attached hydrogens (tertiary/aromatic N) is 2. The van der Waals surface area contributed by atoms with Crippen molar-refractivity contribution in [3.05, 3.63) is 64.7 Å². The van der Waals surface area contributed by atoms with Gasteiger partial charge in [0, 0.05) is 6.42 Å². The smallest absolute Gasteiger partial charge is 0.325 e. The van der Waals surface area contributed by atoms with Crippen LogP contribution in [0.25, 0.3) is 10.2 Å². The van der Waals surface area contributed by atoms with Crippen LogP contribution in [0.3, 0.4) is 0 Å². The monoisotopic (exact) mass is 372 g/mol. The molecule has 1 amide bonds.